The lowest BCUT2D eigenvalue weighted by Crippen LogP contribution is -2.14. The molecule has 2 rings (SSSR count). The first kappa shape index (κ1) is 14.9. The summed E-state index contributed by atoms with van der Waals surface area (Å²) >= 11 is 3.18. The Morgan fingerprint density at radius 1 is 1.05 bits per heavy atom. The highest BCUT2D eigenvalue weighted by Gasteiger charge is 2.17. The zero-order valence-electron chi connectivity index (χ0n) is 10.3. The second-order valence-corrected chi connectivity index (χ2v) is 6.74. The fourth-order valence-electron chi connectivity index (χ4n) is 1.54. The number of anilines is 1. The topological polar surface area (TPSA) is 46.2 Å². The molecule has 0 amide bonds. The number of hydrogen-bond donors (Lipinski definition) is 1. The van der Waals surface area contributed by atoms with E-state index in [4.69, 9.17) is 0 Å². The normalized spacial score (nSPS) is 11.4. The average Bonchev–Trinajstić information content (AvgIpc) is 2.36. The van der Waals surface area contributed by atoms with E-state index in [1.165, 1.54) is 19.1 Å². The highest BCUT2D eigenvalue weighted by molar-refractivity contribution is 9.10. The molecule has 0 bridgehead atoms. The zero-order chi connectivity index (χ0) is 14.9. The minimum absolute atomic E-state index is 0.0407. The Labute approximate surface area is 123 Å². The van der Waals surface area contributed by atoms with Gasteiger partial charge < -0.3 is 0 Å². The first-order chi connectivity index (χ1) is 9.29. The Bertz CT molecular complexity index is 746. The van der Waals surface area contributed by atoms with E-state index in [0.29, 0.717) is 4.47 Å². The summed E-state index contributed by atoms with van der Waals surface area (Å²) in [5, 5.41) is 0. The third kappa shape index (κ3) is 3.16. The van der Waals surface area contributed by atoms with E-state index in [9.17, 15) is 17.2 Å². The molecule has 0 atom stereocenters. The predicted molar refractivity (Wildman–Crippen MR) is 76.0 cm³/mol. The van der Waals surface area contributed by atoms with Gasteiger partial charge in [-0.25, -0.2) is 17.2 Å². The maximum absolute atomic E-state index is 13.6. The van der Waals surface area contributed by atoms with Crippen molar-refractivity contribution < 1.29 is 17.2 Å². The molecule has 7 heteroatoms. The van der Waals surface area contributed by atoms with Crippen LogP contribution >= 0.6 is 15.9 Å². The first-order valence-corrected chi connectivity index (χ1v) is 7.81. The van der Waals surface area contributed by atoms with Crippen LogP contribution in [0.1, 0.15) is 5.56 Å². The van der Waals surface area contributed by atoms with Gasteiger partial charge in [0.05, 0.1) is 10.6 Å². The molecule has 0 aliphatic rings. The number of sulfonamides is 1. The van der Waals surface area contributed by atoms with Crippen molar-refractivity contribution in [2.75, 3.05) is 4.72 Å². The van der Waals surface area contributed by atoms with Gasteiger partial charge in [-0.05, 0) is 42.8 Å². The molecule has 3 nitrogen and oxygen atoms in total. The fraction of sp³-hybridized carbons (Fsp3) is 0.0769. The van der Waals surface area contributed by atoms with Crippen molar-refractivity contribution in [2.45, 2.75) is 11.8 Å². The second-order valence-electron chi connectivity index (χ2n) is 4.14. The van der Waals surface area contributed by atoms with E-state index < -0.39 is 27.3 Å². The van der Waals surface area contributed by atoms with Gasteiger partial charge in [-0.1, -0.05) is 15.9 Å². The van der Waals surface area contributed by atoms with Crippen molar-refractivity contribution in [3.05, 3.63) is 58.1 Å². The standard InChI is InChI=1S/C13H10BrF2NO2S/c1-8-6-12(16)13(7-11(8)15)17-20(18,19)10-4-2-9(14)3-5-10/h2-7,17H,1H3. The zero-order valence-corrected chi connectivity index (χ0v) is 12.7. The molecule has 0 aliphatic heterocycles. The molecule has 0 fully saturated rings. The minimum Gasteiger partial charge on any atom is -0.277 e. The molecular formula is C13H10BrF2NO2S. The highest BCUT2D eigenvalue weighted by atomic mass is 79.9. The number of benzene rings is 2. The van der Waals surface area contributed by atoms with Crippen molar-refractivity contribution in [3.63, 3.8) is 0 Å². The number of hydrogen-bond acceptors (Lipinski definition) is 2. The van der Waals surface area contributed by atoms with E-state index in [-0.39, 0.29) is 10.5 Å². The molecule has 0 aliphatic carbocycles. The quantitative estimate of drug-likeness (QED) is 0.902. The smallest absolute Gasteiger partial charge is 0.261 e. The Morgan fingerprint density at radius 3 is 2.25 bits per heavy atom. The predicted octanol–water partition coefficient (Wildman–Crippen LogP) is 3.84. The van der Waals surface area contributed by atoms with Crippen molar-refractivity contribution in [1.29, 1.82) is 0 Å². The Kier molecular flexibility index (Phi) is 4.10. The lowest BCUT2D eigenvalue weighted by Gasteiger charge is -2.10. The van der Waals surface area contributed by atoms with Crippen LogP contribution in [0.15, 0.2) is 45.8 Å². The summed E-state index contributed by atoms with van der Waals surface area (Å²) in [4.78, 5) is -0.0407. The molecule has 0 saturated carbocycles. The van der Waals surface area contributed by atoms with Gasteiger partial charge in [0.1, 0.15) is 11.6 Å². The van der Waals surface area contributed by atoms with Gasteiger partial charge in [0.15, 0.2) is 0 Å². The third-order valence-electron chi connectivity index (χ3n) is 2.62. The summed E-state index contributed by atoms with van der Waals surface area (Å²) < 4.78 is 53.9. The van der Waals surface area contributed by atoms with E-state index in [2.05, 4.69) is 15.9 Å². The summed E-state index contributed by atoms with van der Waals surface area (Å²) in [7, 11) is -3.96. The number of nitrogens with one attached hydrogen (secondary N) is 1. The summed E-state index contributed by atoms with van der Waals surface area (Å²) in [6.45, 7) is 1.39. The molecule has 20 heavy (non-hydrogen) atoms. The molecule has 0 unspecified atom stereocenters. The van der Waals surface area contributed by atoms with Gasteiger partial charge in [0, 0.05) is 10.5 Å². The van der Waals surface area contributed by atoms with Crippen LogP contribution in [-0.2, 0) is 10.0 Å². The molecular weight excluding hydrogens is 352 g/mol. The summed E-state index contributed by atoms with van der Waals surface area (Å²) in [5.74, 6) is -1.51. The van der Waals surface area contributed by atoms with Gasteiger partial charge >= 0.3 is 0 Å². The lowest BCUT2D eigenvalue weighted by molar-refractivity contribution is 0.590. The van der Waals surface area contributed by atoms with Crippen molar-refractivity contribution in [3.8, 4) is 0 Å². The Morgan fingerprint density at radius 2 is 1.65 bits per heavy atom. The highest BCUT2D eigenvalue weighted by Crippen LogP contribution is 2.23. The molecule has 0 heterocycles. The molecule has 0 radical (unpaired) electrons. The maximum atomic E-state index is 13.6. The van der Waals surface area contributed by atoms with Crippen LogP contribution in [0.5, 0.6) is 0 Å². The fourth-order valence-corrected chi connectivity index (χ4v) is 2.86. The van der Waals surface area contributed by atoms with Crippen LogP contribution in [0.4, 0.5) is 14.5 Å². The van der Waals surface area contributed by atoms with Crippen LogP contribution in [-0.4, -0.2) is 8.42 Å². The summed E-state index contributed by atoms with van der Waals surface area (Å²) in [6.07, 6.45) is 0. The first-order valence-electron chi connectivity index (χ1n) is 5.53. The lowest BCUT2D eigenvalue weighted by atomic mass is 10.2. The van der Waals surface area contributed by atoms with Crippen LogP contribution in [0.2, 0.25) is 0 Å². The van der Waals surface area contributed by atoms with E-state index in [1.54, 1.807) is 12.1 Å². The van der Waals surface area contributed by atoms with Gasteiger partial charge in [0.2, 0.25) is 0 Å². The molecule has 0 saturated heterocycles. The van der Waals surface area contributed by atoms with E-state index in [0.717, 1.165) is 12.1 Å². The van der Waals surface area contributed by atoms with Crippen LogP contribution in [0.25, 0.3) is 0 Å². The Hall–Kier alpha value is -1.47. The van der Waals surface area contributed by atoms with Gasteiger partial charge in [-0.3, -0.25) is 4.72 Å². The van der Waals surface area contributed by atoms with Gasteiger partial charge in [-0.15, -0.1) is 0 Å². The third-order valence-corrected chi connectivity index (χ3v) is 4.53. The summed E-state index contributed by atoms with van der Waals surface area (Å²) in [6, 6.07) is 7.56. The van der Waals surface area contributed by atoms with E-state index in [1.807, 2.05) is 4.72 Å². The molecule has 2 aromatic rings. The van der Waals surface area contributed by atoms with Crippen molar-refractivity contribution in [1.82, 2.24) is 0 Å². The SMILES string of the molecule is Cc1cc(F)c(NS(=O)(=O)c2ccc(Br)cc2)cc1F. The molecule has 1 N–H and O–H groups in total. The largest absolute Gasteiger partial charge is 0.277 e. The number of halogens is 3. The molecule has 0 aromatic heterocycles. The monoisotopic (exact) mass is 361 g/mol. The van der Waals surface area contributed by atoms with Crippen molar-refractivity contribution in [2.24, 2.45) is 0 Å². The minimum atomic E-state index is -3.96. The van der Waals surface area contributed by atoms with Crippen LogP contribution in [0.3, 0.4) is 0 Å². The number of aryl methyl sites for hydroxylation is 1. The van der Waals surface area contributed by atoms with Gasteiger partial charge in [-0.2, -0.15) is 0 Å². The van der Waals surface area contributed by atoms with Gasteiger partial charge in [0.25, 0.3) is 10.0 Å². The summed E-state index contributed by atoms with van der Waals surface area (Å²) in [5.41, 5.74) is -0.315. The van der Waals surface area contributed by atoms with Crippen LogP contribution < -0.4 is 4.72 Å². The van der Waals surface area contributed by atoms with Crippen molar-refractivity contribution >= 4 is 31.6 Å². The number of rotatable bonds is 3. The molecule has 0 spiro atoms. The molecule has 106 valence electrons. The average molecular weight is 362 g/mol. The second kappa shape index (κ2) is 5.49. The molecule has 2 aromatic carbocycles. The maximum Gasteiger partial charge on any atom is 0.261 e. The van der Waals surface area contributed by atoms with Crippen LogP contribution in [0, 0.1) is 18.6 Å². The van der Waals surface area contributed by atoms with E-state index >= 15 is 0 Å². The Balaban J connectivity index is 2.38.